The molecule has 1 saturated heterocycles. The minimum Gasteiger partial charge on any atom is -0.618 e. The summed E-state index contributed by atoms with van der Waals surface area (Å²) in [6, 6.07) is 12.5. The maximum absolute atomic E-state index is 12.1. The third-order valence-electron chi connectivity index (χ3n) is 3.63. The number of hydrogen-bond donors (Lipinski definition) is 1. The molecule has 0 radical (unpaired) electrons. The summed E-state index contributed by atoms with van der Waals surface area (Å²) in [5.41, 5.74) is 1.89. The molecule has 1 aromatic carbocycles. The Kier molecular flexibility index (Phi) is 3.73. The molecule has 108 valence electrons. The van der Waals surface area contributed by atoms with Gasteiger partial charge in [0, 0.05) is 36.6 Å². The second-order valence-electron chi connectivity index (χ2n) is 5.11. The molecule has 1 aliphatic heterocycles. The Morgan fingerprint density at radius 1 is 1.14 bits per heavy atom. The lowest BCUT2D eigenvalue weighted by atomic mass is 10.2. The van der Waals surface area contributed by atoms with Crippen molar-refractivity contribution in [3.8, 4) is 0 Å². The number of benzene rings is 1. The summed E-state index contributed by atoms with van der Waals surface area (Å²) in [5.74, 6) is -0.399. The van der Waals surface area contributed by atoms with Gasteiger partial charge in [0.05, 0.1) is 0 Å². The Morgan fingerprint density at radius 2 is 1.95 bits per heavy atom. The number of hydrogen-bond acceptors (Lipinski definition) is 3. The molecular weight excluding hydrogens is 266 g/mol. The quantitative estimate of drug-likeness (QED) is 0.693. The first-order chi connectivity index (χ1) is 10.2. The van der Waals surface area contributed by atoms with E-state index in [0.717, 1.165) is 18.8 Å². The van der Waals surface area contributed by atoms with Gasteiger partial charge in [-0.1, -0.05) is 6.07 Å². The van der Waals surface area contributed by atoms with Crippen LogP contribution >= 0.6 is 0 Å². The van der Waals surface area contributed by atoms with E-state index in [9.17, 15) is 10.0 Å². The van der Waals surface area contributed by atoms with Crippen LogP contribution in [0.2, 0.25) is 0 Å². The maximum atomic E-state index is 12.1. The van der Waals surface area contributed by atoms with Gasteiger partial charge in [-0.05, 0) is 37.1 Å². The maximum Gasteiger partial charge on any atom is 0.321 e. The van der Waals surface area contributed by atoms with Crippen molar-refractivity contribution in [2.45, 2.75) is 12.8 Å². The van der Waals surface area contributed by atoms with Gasteiger partial charge in [-0.2, -0.15) is 4.73 Å². The van der Waals surface area contributed by atoms with E-state index in [2.05, 4.69) is 10.2 Å². The first-order valence-corrected chi connectivity index (χ1v) is 7.08. The van der Waals surface area contributed by atoms with Gasteiger partial charge < -0.3 is 15.4 Å². The Labute approximate surface area is 123 Å². The highest BCUT2D eigenvalue weighted by molar-refractivity contribution is 6.02. The summed E-state index contributed by atoms with van der Waals surface area (Å²) in [5, 5.41) is 14.4. The summed E-state index contributed by atoms with van der Waals surface area (Å²) in [6.45, 7) is 2.10. The van der Waals surface area contributed by atoms with E-state index in [1.807, 2.05) is 24.3 Å². The second-order valence-corrected chi connectivity index (χ2v) is 5.11. The third-order valence-corrected chi connectivity index (χ3v) is 3.63. The normalized spacial score (nSPS) is 14.2. The SMILES string of the molecule is O=C(Nc1cccc(N2CCCC2)c1)c1cccc[n+]1[O-]. The number of amides is 1. The van der Waals surface area contributed by atoms with Gasteiger partial charge in [-0.25, -0.2) is 0 Å². The van der Waals surface area contributed by atoms with Crippen molar-refractivity contribution in [1.82, 2.24) is 0 Å². The fraction of sp³-hybridized carbons (Fsp3) is 0.250. The average Bonchev–Trinajstić information content (AvgIpc) is 3.02. The van der Waals surface area contributed by atoms with Crippen LogP contribution in [-0.2, 0) is 0 Å². The van der Waals surface area contributed by atoms with Crippen molar-refractivity contribution >= 4 is 17.3 Å². The number of nitrogens with zero attached hydrogens (tertiary/aromatic N) is 2. The molecule has 1 fully saturated rings. The largest absolute Gasteiger partial charge is 0.618 e. The van der Waals surface area contributed by atoms with Crippen LogP contribution in [0.5, 0.6) is 0 Å². The molecule has 5 nitrogen and oxygen atoms in total. The van der Waals surface area contributed by atoms with E-state index in [0.29, 0.717) is 10.4 Å². The van der Waals surface area contributed by atoms with Gasteiger partial charge in [0.1, 0.15) is 0 Å². The molecular formula is C16H17N3O2. The molecule has 2 aromatic rings. The van der Waals surface area contributed by atoms with Gasteiger partial charge >= 0.3 is 5.91 Å². The van der Waals surface area contributed by atoms with E-state index in [4.69, 9.17) is 0 Å². The molecule has 1 N–H and O–H groups in total. The van der Waals surface area contributed by atoms with Gasteiger partial charge in [0.15, 0.2) is 6.20 Å². The fourth-order valence-electron chi connectivity index (χ4n) is 2.55. The molecule has 1 aromatic heterocycles. The number of aromatic nitrogens is 1. The smallest absolute Gasteiger partial charge is 0.321 e. The van der Waals surface area contributed by atoms with E-state index < -0.39 is 5.91 Å². The van der Waals surface area contributed by atoms with E-state index >= 15 is 0 Å². The Morgan fingerprint density at radius 3 is 2.71 bits per heavy atom. The standard InChI is InChI=1S/C16H17N3O2/c20-16(15-8-1-2-11-19(15)21)17-13-6-5-7-14(12-13)18-9-3-4-10-18/h1-2,5-8,11-12H,3-4,9-10H2,(H,17,20). The highest BCUT2D eigenvalue weighted by Gasteiger charge is 2.16. The van der Waals surface area contributed by atoms with Crippen LogP contribution < -0.4 is 14.9 Å². The van der Waals surface area contributed by atoms with Crippen LogP contribution in [0.3, 0.4) is 0 Å². The number of rotatable bonds is 3. The van der Waals surface area contributed by atoms with Crippen LogP contribution in [0.15, 0.2) is 48.7 Å². The minimum atomic E-state index is -0.399. The zero-order chi connectivity index (χ0) is 14.7. The van der Waals surface area contributed by atoms with Crippen LogP contribution in [-0.4, -0.2) is 19.0 Å². The number of carbonyl (C=O) groups excluding carboxylic acids is 1. The number of anilines is 2. The molecule has 3 rings (SSSR count). The predicted octanol–water partition coefficient (Wildman–Crippen LogP) is 2.17. The summed E-state index contributed by atoms with van der Waals surface area (Å²) in [7, 11) is 0. The zero-order valence-electron chi connectivity index (χ0n) is 11.7. The van der Waals surface area contributed by atoms with Crippen LogP contribution in [0.1, 0.15) is 23.3 Å². The van der Waals surface area contributed by atoms with E-state index in [1.54, 1.807) is 12.1 Å². The number of nitrogens with one attached hydrogen (secondary N) is 1. The lowest BCUT2D eigenvalue weighted by Gasteiger charge is -2.18. The fourth-order valence-corrected chi connectivity index (χ4v) is 2.55. The topological polar surface area (TPSA) is 59.3 Å². The molecule has 0 atom stereocenters. The minimum absolute atomic E-state index is 0.0871. The molecule has 5 heteroatoms. The Balaban J connectivity index is 1.77. The molecule has 0 spiro atoms. The predicted molar refractivity (Wildman–Crippen MR) is 81.2 cm³/mol. The summed E-state index contributed by atoms with van der Waals surface area (Å²) in [6.07, 6.45) is 3.73. The molecule has 0 aliphatic carbocycles. The van der Waals surface area contributed by atoms with Crippen molar-refractivity contribution in [2.75, 3.05) is 23.3 Å². The average molecular weight is 283 g/mol. The number of pyridine rings is 1. The molecule has 1 amide bonds. The van der Waals surface area contributed by atoms with Crippen LogP contribution in [0.4, 0.5) is 11.4 Å². The lowest BCUT2D eigenvalue weighted by Crippen LogP contribution is -2.36. The lowest BCUT2D eigenvalue weighted by molar-refractivity contribution is -0.607. The Bertz CT molecular complexity index is 651. The molecule has 1 aliphatic rings. The van der Waals surface area contributed by atoms with Crippen molar-refractivity contribution in [3.05, 3.63) is 59.6 Å². The van der Waals surface area contributed by atoms with E-state index in [1.165, 1.54) is 25.1 Å². The van der Waals surface area contributed by atoms with Gasteiger partial charge in [0.25, 0.3) is 5.69 Å². The zero-order valence-corrected chi connectivity index (χ0v) is 11.7. The molecule has 0 unspecified atom stereocenters. The number of carbonyl (C=O) groups is 1. The summed E-state index contributed by atoms with van der Waals surface area (Å²) < 4.78 is 0.569. The Hall–Kier alpha value is -2.56. The molecule has 0 saturated carbocycles. The van der Waals surface area contributed by atoms with Crippen molar-refractivity contribution in [2.24, 2.45) is 0 Å². The van der Waals surface area contributed by atoms with E-state index in [-0.39, 0.29) is 5.69 Å². The first-order valence-electron chi connectivity index (χ1n) is 7.08. The van der Waals surface area contributed by atoms with Crippen molar-refractivity contribution < 1.29 is 9.52 Å². The van der Waals surface area contributed by atoms with Gasteiger partial charge in [-0.3, -0.25) is 4.79 Å². The first kappa shape index (κ1) is 13.4. The summed E-state index contributed by atoms with van der Waals surface area (Å²) in [4.78, 5) is 14.4. The van der Waals surface area contributed by atoms with Crippen LogP contribution in [0.25, 0.3) is 0 Å². The molecule has 2 heterocycles. The molecule has 0 bridgehead atoms. The highest BCUT2D eigenvalue weighted by atomic mass is 16.5. The van der Waals surface area contributed by atoms with Gasteiger partial charge in [-0.15, -0.1) is 0 Å². The second kappa shape index (κ2) is 5.83. The van der Waals surface area contributed by atoms with Crippen molar-refractivity contribution in [1.29, 1.82) is 0 Å². The monoisotopic (exact) mass is 283 g/mol. The summed E-state index contributed by atoms with van der Waals surface area (Å²) >= 11 is 0. The molecule has 21 heavy (non-hydrogen) atoms. The van der Waals surface area contributed by atoms with Crippen LogP contribution in [0, 0.1) is 5.21 Å². The van der Waals surface area contributed by atoms with Crippen molar-refractivity contribution in [3.63, 3.8) is 0 Å². The third kappa shape index (κ3) is 2.97. The highest BCUT2D eigenvalue weighted by Crippen LogP contribution is 2.23. The van der Waals surface area contributed by atoms with Gasteiger partial charge in [0.2, 0.25) is 0 Å².